The lowest BCUT2D eigenvalue weighted by atomic mass is 10.0. The van der Waals surface area contributed by atoms with Crippen LogP contribution >= 0.6 is 0 Å². The van der Waals surface area contributed by atoms with Crippen molar-refractivity contribution in [2.75, 3.05) is 35.4 Å². The van der Waals surface area contributed by atoms with Crippen LogP contribution in [0.5, 0.6) is 17.2 Å². The maximum absolute atomic E-state index is 11.9. The third-order valence-corrected chi connectivity index (χ3v) is 10.5. The van der Waals surface area contributed by atoms with Crippen LogP contribution < -0.4 is 14.2 Å². The number of hydrogen-bond donors (Lipinski definition) is 0. The van der Waals surface area contributed by atoms with E-state index in [0.29, 0.717) is 37.0 Å². The first-order valence-corrected chi connectivity index (χ1v) is 21.7. The fourth-order valence-electron chi connectivity index (χ4n) is 6.78. The van der Waals surface area contributed by atoms with Crippen LogP contribution in [0.1, 0.15) is 65.5 Å². The van der Waals surface area contributed by atoms with Gasteiger partial charge in [-0.05, 0) is 104 Å². The number of nitrogens with zero attached hydrogens (tertiary/aromatic N) is 4. The number of aryl methyl sites for hydroxylation is 5. The van der Waals surface area contributed by atoms with Gasteiger partial charge in [0.05, 0.1) is 14.2 Å². The standard InChI is InChI=1S/C19H20N2O2.C19H21NO3.C18H19NO3.3H2/c1-13-9-10-14(2)17(11-13)23-12-15-7-5-6-8-16(15)18(20-3)19(22)21-4;1-13-9-10-14(2)17(11-13)23-12-15-7-5-6-8-16(15)18(20-3)19(21)22-4;1-13-8-4-7-11-16(13)22-12-14-9-5-6-10-15(14)17(19-2)18(20)21-3;;;/h5-11H,4,12H2,1-3H3;5-11H,12H2,1-4H3;4-11H,12H2,1-3H3;3*1H. The van der Waals surface area contributed by atoms with E-state index in [2.05, 4.69) is 32.8 Å². The summed E-state index contributed by atoms with van der Waals surface area (Å²) in [6.45, 7) is 14.4. The first kappa shape index (κ1) is 52.6. The largest absolute Gasteiger partial charge is 0.489 e. The lowest BCUT2D eigenvalue weighted by molar-refractivity contribution is -0.133. The molecule has 1 amide bonds. The Kier molecular flexibility index (Phi) is 20.8. The minimum atomic E-state index is -0.453. The van der Waals surface area contributed by atoms with Gasteiger partial charge < -0.3 is 23.7 Å². The van der Waals surface area contributed by atoms with Crippen molar-refractivity contribution in [3.05, 3.63) is 195 Å². The molecule has 0 heterocycles. The zero-order valence-electron chi connectivity index (χ0n) is 40.6. The number of hydrogen-bond acceptors (Lipinski definition) is 11. The van der Waals surface area contributed by atoms with Crippen LogP contribution in [0, 0.1) is 34.6 Å². The van der Waals surface area contributed by atoms with Gasteiger partial charge in [-0.2, -0.15) is 0 Å². The second-order valence-corrected chi connectivity index (χ2v) is 15.3. The highest BCUT2D eigenvalue weighted by Gasteiger charge is 2.19. The molecule has 0 fully saturated rings. The fraction of sp³-hybridized carbons (Fsp3) is 0.232. The Labute approximate surface area is 404 Å². The summed E-state index contributed by atoms with van der Waals surface area (Å²) in [5.74, 6) is 1.16. The van der Waals surface area contributed by atoms with E-state index in [0.717, 1.165) is 78.4 Å². The number of aliphatic imine (C=N–C) groups is 4. The summed E-state index contributed by atoms with van der Waals surface area (Å²) >= 11 is 0. The molecule has 0 saturated heterocycles. The minimum Gasteiger partial charge on any atom is -0.489 e. The van der Waals surface area contributed by atoms with E-state index in [1.165, 1.54) is 14.2 Å². The van der Waals surface area contributed by atoms with Crippen LogP contribution in [0.2, 0.25) is 0 Å². The number of rotatable bonds is 15. The molecule has 6 rings (SSSR count). The number of carbonyl (C=O) groups is 3. The van der Waals surface area contributed by atoms with Crippen LogP contribution in [-0.2, 0) is 43.7 Å². The number of methoxy groups -OCH3 is 2. The van der Waals surface area contributed by atoms with Crippen LogP contribution in [0.4, 0.5) is 0 Å². The normalized spacial score (nSPS) is 11.2. The smallest absolute Gasteiger partial charge is 0.356 e. The van der Waals surface area contributed by atoms with Crippen molar-refractivity contribution in [3.63, 3.8) is 0 Å². The van der Waals surface area contributed by atoms with Crippen molar-refractivity contribution in [1.82, 2.24) is 0 Å². The molecule has 0 aliphatic carbocycles. The fourth-order valence-corrected chi connectivity index (χ4v) is 6.78. The van der Waals surface area contributed by atoms with Gasteiger partial charge >= 0.3 is 11.9 Å². The molecule has 12 nitrogen and oxygen atoms in total. The monoisotopic (exact) mass is 922 g/mol. The van der Waals surface area contributed by atoms with Crippen molar-refractivity contribution in [2.45, 2.75) is 54.4 Å². The molecule has 0 bridgehead atoms. The summed E-state index contributed by atoms with van der Waals surface area (Å²) in [6.07, 6.45) is 0. The molecule has 68 heavy (non-hydrogen) atoms. The first-order valence-electron chi connectivity index (χ1n) is 21.7. The Morgan fingerprint density at radius 1 is 0.456 bits per heavy atom. The SMILES string of the molecule is C=NC(=O)C(=NC)c1ccccc1COc1cc(C)ccc1C.CN=C(C(=O)OC)c1ccccc1COc1cc(C)ccc1C.CN=C(C(=O)OC)c1ccccc1COc1ccccc1C.[HH].[HH].[HH]. The summed E-state index contributed by atoms with van der Waals surface area (Å²) < 4.78 is 27.3. The molecule has 12 heteroatoms. The van der Waals surface area contributed by atoms with Gasteiger partial charge in [0.2, 0.25) is 0 Å². The Morgan fingerprint density at radius 3 is 1.16 bits per heavy atom. The summed E-state index contributed by atoms with van der Waals surface area (Å²) in [6, 6.07) is 42.6. The first-order chi connectivity index (χ1) is 32.8. The molecule has 0 atom stereocenters. The Hall–Kier alpha value is -7.99. The number of para-hydroxylation sites is 1. The topological polar surface area (TPSA) is 147 Å². The molecule has 0 saturated carbocycles. The third-order valence-electron chi connectivity index (χ3n) is 10.5. The predicted molar refractivity (Wildman–Crippen MR) is 278 cm³/mol. The molecule has 0 aliphatic heterocycles. The summed E-state index contributed by atoms with van der Waals surface area (Å²) in [5.41, 5.74) is 11.2. The van der Waals surface area contributed by atoms with Crippen molar-refractivity contribution in [2.24, 2.45) is 20.0 Å². The van der Waals surface area contributed by atoms with Gasteiger partial charge in [0.1, 0.15) is 42.8 Å². The highest BCUT2D eigenvalue weighted by atomic mass is 16.5. The van der Waals surface area contributed by atoms with Crippen LogP contribution in [0.25, 0.3) is 0 Å². The summed E-state index contributed by atoms with van der Waals surface area (Å²) in [5, 5.41) is 0. The zero-order chi connectivity index (χ0) is 49.6. The quantitative estimate of drug-likeness (QED) is 0.0730. The van der Waals surface area contributed by atoms with Crippen molar-refractivity contribution < 1.29 is 42.3 Å². The van der Waals surface area contributed by atoms with Gasteiger partial charge in [0.15, 0.2) is 11.4 Å². The second kappa shape index (κ2) is 26.8. The molecule has 0 radical (unpaired) electrons. The van der Waals surface area contributed by atoms with Gasteiger partial charge in [0.25, 0.3) is 5.91 Å². The molecule has 0 aliphatic rings. The Balaban J connectivity index is 0.000000522. The van der Waals surface area contributed by atoms with Crippen LogP contribution in [-0.4, -0.2) is 77.1 Å². The second-order valence-electron chi connectivity index (χ2n) is 15.3. The van der Waals surface area contributed by atoms with Crippen molar-refractivity contribution in [3.8, 4) is 17.2 Å². The summed E-state index contributed by atoms with van der Waals surface area (Å²) in [4.78, 5) is 51.2. The molecule has 0 spiro atoms. The average molecular weight is 923 g/mol. The Morgan fingerprint density at radius 2 is 0.794 bits per heavy atom. The third kappa shape index (κ3) is 14.8. The number of benzene rings is 6. The highest BCUT2D eigenvalue weighted by Crippen LogP contribution is 2.24. The minimum absolute atomic E-state index is 0. The van der Waals surface area contributed by atoms with Gasteiger partial charge in [-0.3, -0.25) is 19.8 Å². The van der Waals surface area contributed by atoms with E-state index in [4.69, 9.17) is 23.7 Å². The lowest BCUT2D eigenvalue weighted by Crippen LogP contribution is -2.19. The maximum Gasteiger partial charge on any atom is 0.356 e. The summed E-state index contributed by atoms with van der Waals surface area (Å²) in [7, 11) is 7.42. The average Bonchev–Trinajstić information content (AvgIpc) is 3.36. The van der Waals surface area contributed by atoms with E-state index < -0.39 is 17.8 Å². The van der Waals surface area contributed by atoms with E-state index in [9.17, 15) is 14.4 Å². The van der Waals surface area contributed by atoms with E-state index in [1.807, 2.05) is 162 Å². The predicted octanol–water partition coefficient (Wildman–Crippen LogP) is 10.9. The molecular formula is C56H66N4O8. The van der Waals surface area contributed by atoms with Gasteiger partial charge in [0, 0.05) is 42.1 Å². The number of amides is 1. The van der Waals surface area contributed by atoms with Crippen LogP contribution in [0.3, 0.4) is 0 Å². The van der Waals surface area contributed by atoms with E-state index in [1.54, 1.807) is 21.1 Å². The Bertz CT molecular complexity index is 2810. The number of ether oxygens (including phenoxy) is 5. The maximum atomic E-state index is 11.9. The van der Waals surface area contributed by atoms with E-state index >= 15 is 0 Å². The highest BCUT2D eigenvalue weighted by molar-refractivity contribution is 6.46. The zero-order valence-corrected chi connectivity index (χ0v) is 40.6. The van der Waals surface area contributed by atoms with Crippen molar-refractivity contribution in [1.29, 1.82) is 0 Å². The van der Waals surface area contributed by atoms with Gasteiger partial charge in [-0.1, -0.05) is 115 Å². The number of carbonyl (C=O) groups excluding carboxylic acids is 3. The lowest BCUT2D eigenvalue weighted by Gasteiger charge is -2.13. The molecule has 6 aromatic rings. The van der Waals surface area contributed by atoms with Crippen molar-refractivity contribution >= 4 is 41.7 Å². The van der Waals surface area contributed by atoms with Crippen LogP contribution in [0.15, 0.2) is 153 Å². The molecule has 0 aromatic heterocycles. The van der Waals surface area contributed by atoms with Gasteiger partial charge in [-0.15, -0.1) is 0 Å². The number of esters is 2. The molecule has 0 unspecified atom stereocenters. The molecule has 358 valence electrons. The van der Waals surface area contributed by atoms with E-state index in [-0.39, 0.29) is 4.28 Å². The molecular weight excluding hydrogens is 857 g/mol. The molecule has 0 N–H and O–H groups in total. The van der Waals surface area contributed by atoms with Gasteiger partial charge in [-0.25, -0.2) is 14.6 Å². The molecule has 6 aromatic carbocycles.